The van der Waals surface area contributed by atoms with Crippen molar-refractivity contribution in [3.63, 3.8) is 0 Å². The molecule has 0 saturated carbocycles. The molecule has 192 valence electrons. The molecule has 0 amide bonds. The molecule has 0 saturated heterocycles. The zero-order chi connectivity index (χ0) is 26.9. The lowest BCUT2D eigenvalue weighted by Gasteiger charge is -2.37. The predicted molar refractivity (Wildman–Crippen MR) is 152 cm³/mol. The Morgan fingerprint density at radius 1 is 0.895 bits per heavy atom. The van der Waals surface area contributed by atoms with E-state index in [2.05, 4.69) is 10.6 Å². The van der Waals surface area contributed by atoms with Gasteiger partial charge in [0.05, 0.1) is 0 Å². The number of benzene rings is 4. The second-order valence-electron chi connectivity index (χ2n) is 9.04. The summed E-state index contributed by atoms with van der Waals surface area (Å²) in [4.78, 5) is 12.3. The maximum atomic E-state index is 12.3. The van der Waals surface area contributed by atoms with Gasteiger partial charge in [0.25, 0.3) is 0 Å². The quantitative estimate of drug-likeness (QED) is 0.123. The molecule has 0 fully saturated rings. The number of rotatable bonds is 6. The van der Waals surface area contributed by atoms with Gasteiger partial charge in [-0.05, 0) is 72.7 Å². The first-order chi connectivity index (χ1) is 18.3. The molecule has 5 rings (SSSR count). The molecule has 0 atom stereocenters. The molecule has 38 heavy (non-hydrogen) atoms. The fraction of sp³-hybridized carbons (Fsp3) is 0.103. The lowest BCUT2D eigenvalue weighted by atomic mass is 9.76. The van der Waals surface area contributed by atoms with Crippen LogP contribution < -0.4 is 26.8 Å². The number of carbonyl (C=O) groups is 1. The van der Waals surface area contributed by atoms with Crippen molar-refractivity contribution in [1.82, 2.24) is 5.32 Å². The minimum Gasteiger partial charge on any atom is -0.508 e. The summed E-state index contributed by atoms with van der Waals surface area (Å²) in [6.07, 6.45) is 1.41. The lowest BCUT2D eigenvalue weighted by molar-refractivity contribution is 0.105. The van der Waals surface area contributed by atoms with Gasteiger partial charge in [0.1, 0.15) is 22.8 Å². The average molecular weight is 527 g/mol. The summed E-state index contributed by atoms with van der Waals surface area (Å²) >= 11 is 5.42. The molecule has 0 bridgehead atoms. The molecular formula is C29H26N4O4S. The van der Waals surface area contributed by atoms with E-state index in [1.807, 2.05) is 12.1 Å². The number of nitrogens with one attached hydrogen (secondary N) is 2. The van der Waals surface area contributed by atoms with Crippen molar-refractivity contribution < 1.29 is 19.7 Å². The van der Waals surface area contributed by atoms with Crippen LogP contribution in [0.15, 0.2) is 78.9 Å². The van der Waals surface area contributed by atoms with Crippen molar-refractivity contribution in [2.75, 3.05) is 23.3 Å². The SMILES string of the molecule is Nc1ccc2c(c1)Oc1cc(N)ccc1C2(O)c1ccc(NC(=S)NCCc2ccc(O)cc2)cc1C=O. The summed E-state index contributed by atoms with van der Waals surface area (Å²) < 4.78 is 6.02. The van der Waals surface area contributed by atoms with Crippen molar-refractivity contribution in [2.45, 2.75) is 12.0 Å². The van der Waals surface area contributed by atoms with Gasteiger partial charge < -0.3 is 37.1 Å². The number of thiocarbonyl (C=S) groups is 1. The first kappa shape index (κ1) is 25.1. The monoisotopic (exact) mass is 526 g/mol. The van der Waals surface area contributed by atoms with Gasteiger partial charge in [-0.3, -0.25) is 4.79 Å². The van der Waals surface area contributed by atoms with Crippen LogP contribution in [-0.2, 0) is 12.0 Å². The Morgan fingerprint density at radius 2 is 1.50 bits per heavy atom. The van der Waals surface area contributed by atoms with Crippen molar-refractivity contribution in [2.24, 2.45) is 0 Å². The fourth-order valence-electron chi connectivity index (χ4n) is 4.62. The summed E-state index contributed by atoms with van der Waals surface area (Å²) in [5, 5.41) is 28.3. The molecule has 0 aromatic heterocycles. The first-order valence-corrected chi connectivity index (χ1v) is 12.3. The molecule has 8 N–H and O–H groups in total. The van der Waals surface area contributed by atoms with E-state index in [1.165, 1.54) is 0 Å². The highest BCUT2D eigenvalue weighted by molar-refractivity contribution is 7.80. The van der Waals surface area contributed by atoms with Crippen LogP contribution in [0.4, 0.5) is 17.1 Å². The Balaban J connectivity index is 1.42. The molecule has 4 aromatic rings. The normalized spacial score (nSPS) is 13.0. The Hall–Kier alpha value is -4.60. The first-order valence-electron chi connectivity index (χ1n) is 11.9. The van der Waals surface area contributed by atoms with Crippen LogP contribution in [0.5, 0.6) is 17.2 Å². The number of hydrogen-bond acceptors (Lipinski definition) is 7. The van der Waals surface area contributed by atoms with Crippen LogP contribution in [0.25, 0.3) is 0 Å². The van der Waals surface area contributed by atoms with Crippen LogP contribution in [0.3, 0.4) is 0 Å². The number of phenols is 1. The van der Waals surface area contributed by atoms with Gasteiger partial charge >= 0.3 is 0 Å². The van der Waals surface area contributed by atoms with Crippen molar-refractivity contribution in [3.8, 4) is 17.2 Å². The van der Waals surface area contributed by atoms with Crippen LogP contribution in [0, 0.1) is 0 Å². The van der Waals surface area contributed by atoms with Crippen molar-refractivity contribution in [1.29, 1.82) is 0 Å². The van der Waals surface area contributed by atoms with Gasteiger partial charge in [0, 0.05) is 58.0 Å². The minimum absolute atomic E-state index is 0.221. The number of ether oxygens (including phenoxy) is 1. The summed E-state index contributed by atoms with van der Waals surface area (Å²) in [5.74, 6) is 0.978. The Labute approximate surface area is 224 Å². The van der Waals surface area contributed by atoms with Crippen LogP contribution in [0.1, 0.15) is 32.6 Å². The Kier molecular flexibility index (Phi) is 6.62. The molecule has 0 spiro atoms. The summed E-state index contributed by atoms with van der Waals surface area (Å²) in [5.41, 5.74) is 14.4. The zero-order valence-corrected chi connectivity index (χ0v) is 21.1. The Bertz CT molecular complexity index is 1490. The Morgan fingerprint density at radius 3 is 2.11 bits per heavy atom. The van der Waals surface area contributed by atoms with Crippen LogP contribution in [-0.4, -0.2) is 28.2 Å². The van der Waals surface area contributed by atoms with Gasteiger partial charge in [0.2, 0.25) is 0 Å². The third kappa shape index (κ3) is 4.72. The largest absolute Gasteiger partial charge is 0.508 e. The fourth-order valence-corrected chi connectivity index (χ4v) is 4.84. The van der Waals surface area contributed by atoms with Gasteiger partial charge in [-0.15, -0.1) is 0 Å². The van der Waals surface area contributed by atoms with Gasteiger partial charge in [0.15, 0.2) is 11.4 Å². The summed E-state index contributed by atoms with van der Waals surface area (Å²) in [6, 6.07) is 22.1. The molecule has 0 unspecified atom stereocenters. The molecule has 1 aliphatic heterocycles. The topological polar surface area (TPSA) is 143 Å². The summed E-state index contributed by atoms with van der Waals surface area (Å²) in [7, 11) is 0. The average Bonchev–Trinajstić information content (AvgIpc) is 2.89. The molecule has 1 heterocycles. The molecule has 0 radical (unpaired) electrons. The molecular weight excluding hydrogens is 500 g/mol. The molecule has 0 aliphatic carbocycles. The lowest BCUT2D eigenvalue weighted by Crippen LogP contribution is -2.34. The van der Waals surface area contributed by atoms with E-state index in [-0.39, 0.29) is 11.3 Å². The number of phenolic OH excluding ortho intramolecular Hbond substituents is 1. The van der Waals surface area contributed by atoms with E-state index >= 15 is 0 Å². The molecule has 8 nitrogen and oxygen atoms in total. The number of fused-ring (bicyclic) bond motifs is 2. The predicted octanol–water partition coefficient (Wildman–Crippen LogP) is 4.29. The van der Waals surface area contributed by atoms with E-state index in [0.717, 1.165) is 5.56 Å². The highest BCUT2D eigenvalue weighted by atomic mass is 32.1. The zero-order valence-electron chi connectivity index (χ0n) is 20.3. The number of carbonyl (C=O) groups excluding carboxylic acids is 1. The number of aldehydes is 1. The third-order valence-electron chi connectivity index (χ3n) is 6.47. The number of nitrogens with two attached hydrogens (primary N) is 2. The third-order valence-corrected chi connectivity index (χ3v) is 6.72. The highest BCUT2D eigenvalue weighted by Gasteiger charge is 2.43. The van der Waals surface area contributed by atoms with E-state index in [1.54, 1.807) is 66.7 Å². The second kappa shape index (κ2) is 10.0. The number of aromatic hydroxyl groups is 1. The minimum atomic E-state index is -1.69. The van der Waals surface area contributed by atoms with Crippen LogP contribution >= 0.6 is 12.2 Å². The van der Waals surface area contributed by atoms with E-state index in [4.69, 9.17) is 28.4 Å². The number of anilines is 3. The second-order valence-corrected chi connectivity index (χ2v) is 9.45. The standard InChI is InChI=1S/C29H26N4O4S/c30-19-3-8-24-26(14-19)37-27-15-20(31)4-9-25(27)29(24,36)23-10-5-21(13-18(23)16-34)33-28(38)32-12-11-17-1-6-22(35)7-2-17/h1-10,13-16,35-36H,11-12,30-31H2,(H2,32,33,38). The molecule has 4 aromatic carbocycles. The van der Waals surface area contributed by atoms with Gasteiger partial charge in [-0.1, -0.05) is 18.2 Å². The van der Waals surface area contributed by atoms with Gasteiger partial charge in [-0.25, -0.2) is 0 Å². The number of aliphatic hydroxyl groups is 1. The van der Waals surface area contributed by atoms with Crippen molar-refractivity contribution >= 4 is 40.7 Å². The maximum absolute atomic E-state index is 12.3. The molecule has 1 aliphatic rings. The van der Waals surface area contributed by atoms with Crippen molar-refractivity contribution in [3.05, 3.63) is 107 Å². The van der Waals surface area contributed by atoms with E-state index < -0.39 is 5.60 Å². The molecule has 9 heteroatoms. The smallest absolute Gasteiger partial charge is 0.170 e. The maximum Gasteiger partial charge on any atom is 0.170 e. The van der Waals surface area contributed by atoms with E-state index in [0.29, 0.717) is 69.6 Å². The van der Waals surface area contributed by atoms with Crippen LogP contribution in [0.2, 0.25) is 0 Å². The van der Waals surface area contributed by atoms with E-state index in [9.17, 15) is 15.0 Å². The van der Waals surface area contributed by atoms with Gasteiger partial charge in [-0.2, -0.15) is 0 Å². The highest BCUT2D eigenvalue weighted by Crippen LogP contribution is 2.51. The number of nitrogen functional groups attached to an aromatic ring is 2. The number of hydrogen-bond donors (Lipinski definition) is 6. The summed E-state index contributed by atoms with van der Waals surface area (Å²) in [6.45, 7) is 0.578.